The van der Waals surface area contributed by atoms with Gasteiger partial charge in [-0.25, -0.2) is 0 Å². The zero-order valence-electron chi connectivity index (χ0n) is 6.40. The second-order valence-electron chi connectivity index (χ2n) is 3.25. The molecule has 2 atom stereocenters. The van der Waals surface area contributed by atoms with E-state index in [-0.39, 0.29) is 6.10 Å². The standard InChI is InChI=1S/C10H12O/c11-10-7-9(10)6-8-4-2-1-3-5-8/h1-5,9-11H,6-7H2/t9-,10-/m0/s1. The van der Waals surface area contributed by atoms with E-state index in [1.807, 2.05) is 18.2 Å². The first kappa shape index (κ1) is 6.86. The molecule has 0 aromatic heterocycles. The molecule has 1 aliphatic carbocycles. The molecule has 1 heteroatoms. The van der Waals surface area contributed by atoms with Gasteiger partial charge in [0.15, 0.2) is 0 Å². The summed E-state index contributed by atoms with van der Waals surface area (Å²) in [6, 6.07) is 10.3. The largest absolute Gasteiger partial charge is 0.393 e. The summed E-state index contributed by atoms with van der Waals surface area (Å²) in [5, 5.41) is 9.09. The molecule has 1 aromatic rings. The van der Waals surface area contributed by atoms with Gasteiger partial charge in [0.1, 0.15) is 0 Å². The van der Waals surface area contributed by atoms with Crippen LogP contribution in [0.3, 0.4) is 0 Å². The first-order chi connectivity index (χ1) is 5.36. The highest BCUT2D eigenvalue weighted by Gasteiger charge is 2.34. The molecule has 0 bridgehead atoms. The lowest BCUT2D eigenvalue weighted by Gasteiger charge is -1.96. The molecule has 1 nitrogen and oxygen atoms in total. The topological polar surface area (TPSA) is 20.2 Å². The summed E-state index contributed by atoms with van der Waals surface area (Å²) in [4.78, 5) is 0. The van der Waals surface area contributed by atoms with Crippen molar-refractivity contribution in [2.75, 3.05) is 0 Å². The van der Waals surface area contributed by atoms with Crippen LogP contribution in [0.5, 0.6) is 0 Å². The van der Waals surface area contributed by atoms with Crippen LogP contribution < -0.4 is 0 Å². The maximum atomic E-state index is 9.09. The molecular weight excluding hydrogens is 136 g/mol. The molecule has 11 heavy (non-hydrogen) atoms. The first-order valence-corrected chi connectivity index (χ1v) is 4.08. The van der Waals surface area contributed by atoms with Gasteiger partial charge in [-0.3, -0.25) is 0 Å². The monoisotopic (exact) mass is 148 g/mol. The zero-order valence-corrected chi connectivity index (χ0v) is 6.40. The lowest BCUT2D eigenvalue weighted by molar-refractivity contribution is 0.259. The van der Waals surface area contributed by atoms with Gasteiger partial charge < -0.3 is 5.11 Å². The van der Waals surface area contributed by atoms with Gasteiger partial charge in [0.2, 0.25) is 0 Å². The third-order valence-electron chi connectivity index (χ3n) is 2.23. The fourth-order valence-electron chi connectivity index (χ4n) is 1.37. The fraction of sp³-hybridized carbons (Fsp3) is 0.400. The maximum Gasteiger partial charge on any atom is 0.0576 e. The highest BCUT2D eigenvalue weighted by atomic mass is 16.3. The molecule has 1 N–H and O–H groups in total. The number of benzene rings is 1. The third-order valence-corrected chi connectivity index (χ3v) is 2.23. The molecule has 0 heterocycles. The molecule has 0 radical (unpaired) electrons. The minimum atomic E-state index is -0.0183. The molecule has 0 amide bonds. The highest BCUT2D eigenvalue weighted by Crippen LogP contribution is 2.33. The predicted molar refractivity (Wildman–Crippen MR) is 44.3 cm³/mol. The van der Waals surface area contributed by atoms with Crippen LogP contribution in [-0.2, 0) is 6.42 Å². The Hall–Kier alpha value is -0.820. The molecule has 1 aromatic carbocycles. The summed E-state index contributed by atoms with van der Waals surface area (Å²) in [7, 11) is 0. The van der Waals surface area contributed by atoms with E-state index in [4.69, 9.17) is 5.11 Å². The summed E-state index contributed by atoms with van der Waals surface area (Å²) in [5.41, 5.74) is 1.34. The Balaban J connectivity index is 1.97. The van der Waals surface area contributed by atoms with Crippen LogP contribution in [0.1, 0.15) is 12.0 Å². The van der Waals surface area contributed by atoms with Gasteiger partial charge in [-0.1, -0.05) is 30.3 Å². The predicted octanol–water partition coefficient (Wildman–Crippen LogP) is 1.61. The molecule has 1 saturated carbocycles. The van der Waals surface area contributed by atoms with E-state index >= 15 is 0 Å². The van der Waals surface area contributed by atoms with Gasteiger partial charge in [0.25, 0.3) is 0 Å². The van der Waals surface area contributed by atoms with Crippen molar-refractivity contribution in [2.24, 2.45) is 5.92 Å². The lowest BCUT2D eigenvalue weighted by Crippen LogP contribution is -1.90. The Morgan fingerprint density at radius 2 is 1.91 bits per heavy atom. The van der Waals surface area contributed by atoms with Crippen molar-refractivity contribution in [3.05, 3.63) is 35.9 Å². The SMILES string of the molecule is O[C@H]1C[C@@H]1Cc1ccccc1. The van der Waals surface area contributed by atoms with Gasteiger partial charge in [-0.05, 0) is 24.3 Å². The van der Waals surface area contributed by atoms with Crippen molar-refractivity contribution in [1.29, 1.82) is 0 Å². The van der Waals surface area contributed by atoms with Crippen molar-refractivity contribution in [3.63, 3.8) is 0 Å². The molecular formula is C10H12O. The Morgan fingerprint density at radius 3 is 2.45 bits per heavy atom. The van der Waals surface area contributed by atoms with Crippen molar-refractivity contribution in [2.45, 2.75) is 18.9 Å². The Bertz CT molecular complexity index is 230. The summed E-state index contributed by atoms with van der Waals surface area (Å²) < 4.78 is 0. The minimum absolute atomic E-state index is 0.0183. The van der Waals surface area contributed by atoms with Gasteiger partial charge in [0.05, 0.1) is 6.10 Å². The molecule has 1 fully saturated rings. The zero-order chi connectivity index (χ0) is 7.68. The minimum Gasteiger partial charge on any atom is -0.393 e. The molecule has 0 saturated heterocycles. The van der Waals surface area contributed by atoms with Crippen LogP contribution in [0, 0.1) is 5.92 Å². The van der Waals surface area contributed by atoms with Crippen LogP contribution in [-0.4, -0.2) is 11.2 Å². The van der Waals surface area contributed by atoms with Crippen molar-refractivity contribution in [3.8, 4) is 0 Å². The van der Waals surface area contributed by atoms with E-state index in [1.165, 1.54) is 5.56 Å². The molecule has 0 unspecified atom stereocenters. The van der Waals surface area contributed by atoms with Gasteiger partial charge >= 0.3 is 0 Å². The molecule has 1 aliphatic rings. The molecule has 2 rings (SSSR count). The summed E-state index contributed by atoms with van der Waals surface area (Å²) >= 11 is 0. The van der Waals surface area contributed by atoms with Crippen molar-refractivity contribution in [1.82, 2.24) is 0 Å². The van der Waals surface area contributed by atoms with Crippen LogP contribution in [0.15, 0.2) is 30.3 Å². The van der Waals surface area contributed by atoms with Crippen LogP contribution in [0.2, 0.25) is 0 Å². The Morgan fingerprint density at radius 1 is 1.27 bits per heavy atom. The maximum absolute atomic E-state index is 9.09. The van der Waals surface area contributed by atoms with E-state index < -0.39 is 0 Å². The smallest absolute Gasteiger partial charge is 0.0576 e. The number of hydrogen-bond acceptors (Lipinski definition) is 1. The van der Waals surface area contributed by atoms with E-state index in [2.05, 4.69) is 12.1 Å². The average Bonchev–Trinajstić information content (AvgIpc) is 2.69. The second kappa shape index (κ2) is 2.67. The van der Waals surface area contributed by atoms with Gasteiger partial charge in [-0.2, -0.15) is 0 Å². The van der Waals surface area contributed by atoms with E-state index in [0.717, 1.165) is 12.8 Å². The van der Waals surface area contributed by atoms with Gasteiger partial charge in [0, 0.05) is 0 Å². The highest BCUT2D eigenvalue weighted by molar-refractivity contribution is 5.16. The third kappa shape index (κ3) is 1.60. The van der Waals surface area contributed by atoms with E-state index in [1.54, 1.807) is 0 Å². The molecule has 0 aliphatic heterocycles. The Kier molecular flexibility index (Phi) is 1.66. The second-order valence-corrected chi connectivity index (χ2v) is 3.25. The van der Waals surface area contributed by atoms with Crippen LogP contribution in [0.4, 0.5) is 0 Å². The van der Waals surface area contributed by atoms with Crippen molar-refractivity contribution < 1.29 is 5.11 Å². The summed E-state index contributed by atoms with van der Waals surface area (Å²) in [6.07, 6.45) is 2.02. The summed E-state index contributed by atoms with van der Waals surface area (Å²) in [5.74, 6) is 0.539. The number of hydrogen-bond donors (Lipinski definition) is 1. The molecule has 58 valence electrons. The van der Waals surface area contributed by atoms with Crippen molar-refractivity contribution >= 4 is 0 Å². The van der Waals surface area contributed by atoms with Crippen LogP contribution in [0.25, 0.3) is 0 Å². The lowest BCUT2D eigenvalue weighted by atomic mass is 10.1. The average molecular weight is 148 g/mol. The molecule has 0 spiro atoms. The number of aliphatic hydroxyl groups is 1. The number of rotatable bonds is 2. The quantitative estimate of drug-likeness (QED) is 0.675. The number of aliphatic hydroxyl groups excluding tert-OH is 1. The normalized spacial score (nSPS) is 28.5. The van der Waals surface area contributed by atoms with E-state index in [0.29, 0.717) is 5.92 Å². The van der Waals surface area contributed by atoms with E-state index in [9.17, 15) is 0 Å². The van der Waals surface area contributed by atoms with Crippen LogP contribution >= 0.6 is 0 Å². The fourth-order valence-corrected chi connectivity index (χ4v) is 1.37. The first-order valence-electron chi connectivity index (χ1n) is 4.08. The summed E-state index contributed by atoms with van der Waals surface area (Å²) in [6.45, 7) is 0. The van der Waals surface area contributed by atoms with Gasteiger partial charge in [-0.15, -0.1) is 0 Å². The Labute approximate surface area is 66.7 Å².